The Kier molecular flexibility index (Phi) is 15.8. The summed E-state index contributed by atoms with van der Waals surface area (Å²) in [5.41, 5.74) is 16.0. The minimum Gasteiger partial charge on any atom is -0.456 e. The summed E-state index contributed by atoms with van der Waals surface area (Å²) >= 11 is 0. The van der Waals surface area contributed by atoms with Crippen LogP contribution in [0.5, 0.6) is 0 Å². The van der Waals surface area contributed by atoms with Crippen LogP contribution in [0.1, 0.15) is 57.0 Å². The van der Waals surface area contributed by atoms with Gasteiger partial charge in [-0.3, -0.25) is 0 Å². The molecule has 2 heteroatoms. The third-order valence-electron chi connectivity index (χ3n) is 10.0. The van der Waals surface area contributed by atoms with Gasteiger partial charge in [-0.15, -0.1) is 13.2 Å². The van der Waals surface area contributed by atoms with Crippen molar-refractivity contribution in [3.63, 3.8) is 0 Å². The third-order valence-corrected chi connectivity index (χ3v) is 10.0. The van der Waals surface area contributed by atoms with E-state index in [0.29, 0.717) is 0 Å². The smallest absolute Gasteiger partial charge is 0.137 e. The van der Waals surface area contributed by atoms with Crippen LogP contribution in [0, 0.1) is 6.92 Å². The van der Waals surface area contributed by atoms with Gasteiger partial charge in [0, 0.05) is 33.5 Å². The van der Waals surface area contributed by atoms with Crippen LogP contribution >= 0.6 is 0 Å². The van der Waals surface area contributed by atoms with Crippen LogP contribution in [0.2, 0.25) is 0 Å². The third kappa shape index (κ3) is 9.58. The average molecular weight is 784 g/mol. The molecule has 0 aliphatic rings. The van der Waals surface area contributed by atoms with Crippen molar-refractivity contribution < 1.29 is 4.42 Å². The highest BCUT2D eigenvalue weighted by molar-refractivity contribution is 6.06. The molecule has 60 heavy (non-hydrogen) atoms. The van der Waals surface area contributed by atoms with Crippen LogP contribution in [0.15, 0.2) is 201 Å². The molecule has 0 amide bonds. The van der Waals surface area contributed by atoms with Gasteiger partial charge in [-0.05, 0) is 95.3 Å². The SMILES string of the molecule is C=C.C=Cc1c(/C=C\C)n(-c2ccc3c(c2)oc2ccccc23)c2ccc(-c3cccc(-c4ccc(C)cc4)c3)cc12.C=Cc1ccc(-c2ccccc2)cc1.CC.CC. The summed E-state index contributed by atoms with van der Waals surface area (Å²) in [6.45, 7) is 26.1. The second-order valence-corrected chi connectivity index (χ2v) is 13.5. The lowest BCUT2D eigenvalue weighted by Crippen LogP contribution is -1.97. The van der Waals surface area contributed by atoms with Gasteiger partial charge >= 0.3 is 0 Å². The van der Waals surface area contributed by atoms with Crippen LogP contribution in [0.3, 0.4) is 0 Å². The van der Waals surface area contributed by atoms with Gasteiger partial charge in [-0.25, -0.2) is 0 Å². The summed E-state index contributed by atoms with van der Waals surface area (Å²) in [4.78, 5) is 0. The number of fused-ring (bicyclic) bond motifs is 4. The minimum absolute atomic E-state index is 0.886. The number of nitrogens with zero attached hydrogens (tertiary/aromatic N) is 1. The van der Waals surface area contributed by atoms with E-state index in [1.54, 1.807) is 0 Å². The summed E-state index contributed by atoms with van der Waals surface area (Å²) in [6, 6.07) is 57.7. The predicted molar refractivity (Wildman–Crippen MR) is 267 cm³/mol. The number of para-hydroxylation sites is 1. The van der Waals surface area contributed by atoms with E-state index in [-0.39, 0.29) is 0 Å². The Morgan fingerprint density at radius 2 is 1.03 bits per heavy atom. The molecule has 0 aliphatic heterocycles. The summed E-state index contributed by atoms with van der Waals surface area (Å²) < 4.78 is 8.55. The molecule has 0 saturated carbocycles. The largest absolute Gasteiger partial charge is 0.456 e. The second kappa shape index (κ2) is 21.6. The number of aryl methyl sites for hydroxylation is 1. The molecule has 0 unspecified atom stereocenters. The molecule has 0 atom stereocenters. The maximum absolute atomic E-state index is 6.24. The number of hydrogen-bond acceptors (Lipinski definition) is 1. The number of benzene rings is 7. The van der Waals surface area contributed by atoms with Crippen molar-refractivity contribution in [1.29, 1.82) is 0 Å². The zero-order chi connectivity index (χ0) is 43.0. The Balaban J connectivity index is 0.000000286. The van der Waals surface area contributed by atoms with E-state index < -0.39 is 0 Å². The van der Waals surface area contributed by atoms with Gasteiger partial charge < -0.3 is 8.98 Å². The molecule has 0 saturated heterocycles. The van der Waals surface area contributed by atoms with Crippen LogP contribution in [0.4, 0.5) is 0 Å². The highest BCUT2D eigenvalue weighted by atomic mass is 16.3. The van der Waals surface area contributed by atoms with Crippen molar-refractivity contribution in [2.75, 3.05) is 0 Å². The first kappa shape index (κ1) is 44.0. The predicted octanol–water partition coefficient (Wildman–Crippen LogP) is 17.7. The van der Waals surface area contributed by atoms with E-state index in [1.165, 1.54) is 44.3 Å². The van der Waals surface area contributed by atoms with Crippen molar-refractivity contribution in [2.24, 2.45) is 0 Å². The van der Waals surface area contributed by atoms with Crippen molar-refractivity contribution in [3.8, 4) is 39.1 Å². The van der Waals surface area contributed by atoms with Crippen molar-refractivity contribution in [2.45, 2.75) is 41.5 Å². The Morgan fingerprint density at radius 3 is 1.70 bits per heavy atom. The first-order chi connectivity index (χ1) is 29.5. The van der Waals surface area contributed by atoms with Crippen LogP contribution in [0.25, 0.3) is 90.1 Å². The van der Waals surface area contributed by atoms with Gasteiger partial charge in [0.1, 0.15) is 11.2 Å². The van der Waals surface area contributed by atoms with Gasteiger partial charge in [-0.2, -0.15) is 0 Å². The zero-order valence-corrected chi connectivity index (χ0v) is 36.1. The molecule has 2 nitrogen and oxygen atoms in total. The summed E-state index contributed by atoms with van der Waals surface area (Å²) in [5, 5.41) is 3.44. The topological polar surface area (TPSA) is 18.1 Å². The molecule has 0 fully saturated rings. The number of furan rings is 1. The molecule has 0 spiro atoms. The number of rotatable bonds is 7. The molecule has 2 heterocycles. The molecule has 0 bridgehead atoms. The van der Waals surface area contributed by atoms with Gasteiger partial charge in [0.15, 0.2) is 0 Å². The standard InChI is InChI=1S/C38H29NO.C14H12.2C2H6.C2H4/c1-4-9-35-31(5-2)34-23-29(28-11-8-10-27(22-28)26-16-14-25(3)15-17-26)18-21-36(34)39(35)30-19-20-33-32-12-6-7-13-37(32)40-38(33)24-30;1-2-12-8-10-14(11-9-12)13-6-4-3-5-7-13;3*1-2/h4-24H,2H2,1,3H3;2-11H,1H2;2*1-2H3;1-2H2/b9-4-;;;;. The molecule has 2 aromatic heterocycles. The van der Waals surface area contributed by atoms with Gasteiger partial charge in [0.2, 0.25) is 0 Å². The van der Waals surface area contributed by atoms with Crippen LogP contribution < -0.4 is 0 Å². The Bertz CT molecular complexity index is 2810. The van der Waals surface area contributed by atoms with Crippen LogP contribution in [-0.2, 0) is 0 Å². The normalized spacial score (nSPS) is 10.4. The van der Waals surface area contributed by atoms with E-state index in [9.17, 15) is 0 Å². The van der Waals surface area contributed by atoms with Gasteiger partial charge in [-0.1, -0.05) is 186 Å². The van der Waals surface area contributed by atoms with Gasteiger partial charge in [0.25, 0.3) is 0 Å². The molecular formula is C58H57NO. The molecule has 7 aromatic carbocycles. The summed E-state index contributed by atoms with van der Waals surface area (Å²) in [5.74, 6) is 0. The van der Waals surface area contributed by atoms with Crippen molar-refractivity contribution >= 4 is 51.1 Å². The number of hydrogen-bond donors (Lipinski definition) is 0. The Hall–Kier alpha value is -7.16. The molecule has 0 radical (unpaired) electrons. The van der Waals surface area contributed by atoms with Crippen LogP contribution in [-0.4, -0.2) is 4.57 Å². The highest BCUT2D eigenvalue weighted by Crippen LogP contribution is 2.37. The quantitative estimate of drug-likeness (QED) is 0.147. The molecule has 9 aromatic rings. The van der Waals surface area contributed by atoms with Crippen molar-refractivity contribution in [3.05, 3.63) is 219 Å². The lowest BCUT2D eigenvalue weighted by molar-refractivity contribution is 0.668. The van der Waals surface area contributed by atoms with Crippen molar-refractivity contribution in [1.82, 2.24) is 4.57 Å². The fourth-order valence-electron chi connectivity index (χ4n) is 7.25. The van der Waals surface area contributed by atoms with E-state index in [1.807, 2.05) is 58.0 Å². The summed E-state index contributed by atoms with van der Waals surface area (Å²) in [6.07, 6.45) is 8.08. The van der Waals surface area contributed by atoms with E-state index >= 15 is 0 Å². The van der Waals surface area contributed by atoms with Gasteiger partial charge in [0.05, 0.1) is 11.2 Å². The minimum atomic E-state index is 0.886. The average Bonchev–Trinajstić information content (AvgIpc) is 3.86. The fraction of sp³-hybridized carbons (Fsp3) is 0.103. The first-order valence-electron chi connectivity index (χ1n) is 20.9. The summed E-state index contributed by atoms with van der Waals surface area (Å²) in [7, 11) is 0. The highest BCUT2D eigenvalue weighted by Gasteiger charge is 2.17. The lowest BCUT2D eigenvalue weighted by atomic mass is 9.97. The van der Waals surface area contributed by atoms with E-state index in [0.717, 1.165) is 50.0 Å². The lowest BCUT2D eigenvalue weighted by Gasteiger charge is -2.10. The number of allylic oxidation sites excluding steroid dienone is 1. The fourth-order valence-corrected chi connectivity index (χ4v) is 7.25. The molecule has 300 valence electrons. The second-order valence-electron chi connectivity index (χ2n) is 13.5. The monoisotopic (exact) mass is 783 g/mol. The first-order valence-corrected chi connectivity index (χ1v) is 20.9. The van der Waals surface area contributed by atoms with E-state index in [2.05, 4.69) is 202 Å². The maximum atomic E-state index is 6.24. The molecule has 0 aliphatic carbocycles. The number of aromatic nitrogens is 1. The Morgan fingerprint density at radius 1 is 0.483 bits per heavy atom. The maximum Gasteiger partial charge on any atom is 0.137 e. The van der Waals surface area contributed by atoms with E-state index in [4.69, 9.17) is 4.42 Å². The molecular weight excluding hydrogens is 727 g/mol. The Labute approximate surface area is 357 Å². The molecule has 9 rings (SSSR count). The molecule has 0 N–H and O–H groups in total. The zero-order valence-electron chi connectivity index (χ0n) is 36.1.